The van der Waals surface area contributed by atoms with Gasteiger partial charge in [0.25, 0.3) is 0 Å². The zero-order valence-electron chi connectivity index (χ0n) is 10.7. The van der Waals surface area contributed by atoms with E-state index >= 15 is 0 Å². The van der Waals surface area contributed by atoms with E-state index in [2.05, 4.69) is 24.3 Å². The molecule has 0 aliphatic heterocycles. The van der Waals surface area contributed by atoms with Gasteiger partial charge in [-0.2, -0.15) is 0 Å². The maximum Gasteiger partial charge on any atom is 0.136 e. The average Bonchev–Trinajstić information content (AvgIpc) is 2.80. The monoisotopic (exact) mass is 252 g/mol. The number of carbonyl (C=O) groups is 1. The predicted octanol–water partition coefficient (Wildman–Crippen LogP) is 3.34. The lowest BCUT2D eigenvalue weighted by Crippen LogP contribution is -2.24. The van der Waals surface area contributed by atoms with Crippen molar-refractivity contribution in [3.63, 3.8) is 0 Å². The second kappa shape index (κ2) is 3.91. The molecule has 1 N–H and O–H groups in total. The smallest absolute Gasteiger partial charge is 0.136 e. The first-order valence-corrected chi connectivity index (χ1v) is 6.98. The van der Waals surface area contributed by atoms with Crippen LogP contribution in [0.3, 0.4) is 0 Å². The van der Waals surface area contributed by atoms with Crippen molar-refractivity contribution in [3.05, 3.63) is 47.5 Å². The van der Waals surface area contributed by atoms with Crippen LogP contribution in [-0.4, -0.2) is 10.9 Å². The third-order valence-corrected chi connectivity index (χ3v) is 4.82. The van der Waals surface area contributed by atoms with Gasteiger partial charge in [0.15, 0.2) is 0 Å². The van der Waals surface area contributed by atoms with Crippen LogP contribution in [0.15, 0.2) is 36.4 Å². The Balaban J connectivity index is 1.99. The molecule has 4 rings (SSSR count). The van der Waals surface area contributed by atoms with Crippen LogP contribution in [0.2, 0.25) is 0 Å². The van der Waals surface area contributed by atoms with Gasteiger partial charge in [-0.1, -0.05) is 36.4 Å². The minimum Gasteiger partial charge on any atom is -0.388 e. The summed E-state index contributed by atoms with van der Waals surface area (Å²) in [7, 11) is 0. The lowest BCUT2D eigenvalue weighted by Gasteiger charge is -2.32. The summed E-state index contributed by atoms with van der Waals surface area (Å²) in [4.78, 5) is 11.9. The first-order valence-electron chi connectivity index (χ1n) is 6.98. The second-order valence-corrected chi connectivity index (χ2v) is 5.76. The number of fused-ring (bicyclic) bond motifs is 5. The summed E-state index contributed by atoms with van der Waals surface area (Å²) in [6.45, 7) is 0. The van der Waals surface area contributed by atoms with Gasteiger partial charge < -0.3 is 5.11 Å². The normalized spacial score (nSPS) is 29.3. The van der Waals surface area contributed by atoms with Gasteiger partial charge in [-0.3, -0.25) is 4.79 Å². The number of hydrogen-bond donors (Lipinski definition) is 1. The number of aliphatic hydroxyl groups excluding tert-OH is 1. The molecular weight excluding hydrogens is 236 g/mol. The summed E-state index contributed by atoms with van der Waals surface area (Å²) in [5, 5.41) is 12.8. The van der Waals surface area contributed by atoms with E-state index in [1.165, 1.54) is 10.9 Å². The van der Waals surface area contributed by atoms with E-state index in [-0.39, 0.29) is 5.92 Å². The minimum atomic E-state index is -0.496. The van der Waals surface area contributed by atoms with Gasteiger partial charge in [0.2, 0.25) is 0 Å². The summed E-state index contributed by atoms with van der Waals surface area (Å²) in [6, 6.07) is 12.4. The van der Waals surface area contributed by atoms with E-state index < -0.39 is 6.10 Å². The molecular formula is C17H16O2. The highest BCUT2D eigenvalue weighted by Gasteiger charge is 2.42. The number of rotatable bonds is 0. The Morgan fingerprint density at radius 1 is 1.05 bits per heavy atom. The van der Waals surface area contributed by atoms with Gasteiger partial charge in [0, 0.05) is 12.3 Å². The Bertz CT molecular complexity index is 674. The standard InChI is InChI=1S/C17H16O2/c18-15-8-7-12-13-6-5-10-3-1-2-4-11(10)17(13)16(19)9-14(12)15/h1-6,12,14,16,19H,7-9H2/t12-,14+,16+/m1/s1. The van der Waals surface area contributed by atoms with Crippen LogP contribution in [0.1, 0.15) is 42.4 Å². The molecule has 0 bridgehead atoms. The molecule has 19 heavy (non-hydrogen) atoms. The van der Waals surface area contributed by atoms with E-state index in [4.69, 9.17) is 0 Å². The van der Waals surface area contributed by atoms with Crippen LogP contribution in [-0.2, 0) is 4.79 Å². The van der Waals surface area contributed by atoms with Gasteiger partial charge in [-0.15, -0.1) is 0 Å². The SMILES string of the molecule is O=C1CC[C@@H]2c3ccc4ccccc4c3[C@@H](O)C[C@H]12. The van der Waals surface area contributed by atoms with Crippen molar-refractivity contribution in [1.29, 1.82) is 0 Å². The van der Waals surface area contributed by atoms with Crippen LogP contribution in [0, 0.1) is 5.92 Å². The van der Waals surface area contributed by atoms with E-state index in [1.54, 1.807) is 0 Å². The lowest BCUT2D eigenvalue weighted by molar-refractivity contribution is -0.122. The van der Waals surface area contributed by atoms with E-state index in [0.29, 0.717) is 24.5 Å². The molecule has 2 nitrogen and oxygen atoms in total. The van der Waals surface area contributed by atoms with E-state index in [1.807, 2.05) is 12.1 Å². The van der Waals surface area contributed by atoms with Crippen molar-refractivity contribution in [1.82, 2.24) is 0 Å². The third kappa shape index (κ3) is 1.50. The molecule has 96 valence electrons. The summed E-state index contributed by atoms with van der Waals surface area (Å²) in [5.41, 5.74) is 2.27. The first kappa shape index (κ1) is 11.2. The molecule has 0 heterocycles. The average molecular weight is 252 g/mol. The highest BCUT2D eigenvalue weighted by molar-refractivity contribution is 5.90. The van der Waals surface area contributed by atoms with E-state index in [0.717, 1.165) is 17.4 Å². The van der Waals surface area contributed by atoms with Crippen LogP contribution >= 0.6 is 0 Å². The summed E-state index contributed by atoms with van der Waals surface area (Å²) >= 11 is 0. The molecule has 0 aromatic heterocycles. The zero-order valence-corrected chi connectivity index (χ0v) is 10.7. The summed E-state index contributed by atoms with van der Waals surface area (Å²) < 4.78 is 0. The van der Waals surface area contributed by atoms with Gasteiger partial charge >= 0.3 is 0 Å². The van der Waals surface area contributed by atoms with Crippen molar-refractivity contribution < 1.29 is 9.90 Å². The van der Waals surface area contributed by atoms with Crippen LogP contribution < -0.4 is 0 Å². The number of carbonyl (C=O) groups excluding carboxylic acids is 1. The molecule has 2 heteroatoms. The molecule has 0 amide bonds. The molecule has 1 saturated carbocycles. The molecule has 0 radical (unpaired) electrons. The lowest BCUT2D eigenvalue weighted by atomic mass is 9.74. The van der Waals surface area contributed by atoms with Crippen LogP contribution in [0.5, 0.6) is 0 Å². The quantitative estimate of drug-likeness (QED) is 0.780. The molecule has 2 aromatic rings. The maximum atomic E-state index is 11.9. The van der Waals surface area contributed by atoms with Gasteiger partial charge in [0.1, 0.15) is 5.78 Å². The van der Waals surface area contributed by atoms with Gasteiger partial charge in [0.05, 0.1) is 6.10 Å². The maximum absolute atomic E-state index is 11.9. The second-order valence-electron chi connectivity index (χ2n) is 5.76. The number of Topliss-reactive ketones (excluding diaryl/α,β-unsaturated/α-hetero) is 1. The molecule has 1 fully saturated rings. The fraction of sp³-hybridized carbons (Fsp3) is 0.353. The summed E-state index contributed by atoms with van der Waals surface area (Å²) in [6.07, 6.45) is 1.73. The van der Waals surface area contributed by atoms with Gasteiger partial charge in [-0.05, 0) is 40.7 Å². The fourth-order valence-electron chi connectivity index (χ4n) is 3.94. The Morgan fingerprint density at radius 3 is 2.79 bits per heavy atom. The molecule has 3 atom stereocenters. The van der Waals surface area contributed by atoms with Crippen LogP contribution in [0.25, 0.3) is 10.8 Å². The Hall–Kier alpha value is -1.67. The van der Waals surface area contributed by atoms with Crippen molar-refractivity contribution >= 4 is 16.6 Å². The zero-order chi connectivity index (χ0) is 13.0. The Morgan fingerprint density at radius 2 is 1.89 bits per heavy atom. The molecule has 0 spiro atoms. The predicted molar refractivity (Wildman–Crippen MR) is 74.0 cm³/mol. The topological polar surface area (TPSA) is 37.3 Å². The molecule has 0 saturated heterocycles. The number of ketones is 1. The minimum absolute atomic E-state index is 0.0451. The third-order valence-electron chi connectivity index (χ3n) is 4.82. The molecule has 2 aromatic carbocycles. The van der Waals surface area contributed by atoms with Crippen LogP contribution in [0.4, 0.5) is 0 Å². The first-order chi connectivity index (χ1) is 9.25. The number of benzene rings is 2. The van der Waals surface area contributed by atoms with E-state index in [9.17, 15) is 9.90 Å². The van der Waals surface area contributed by atoms with Crippen molar-refractivity contribution in [2.75, 3.05) is 0 Å². The van der Waals surface area contributed by atoms with Crippen molar-refractivity contribution in [2.24, 2.45) is 5.92 Å². The molecule has 0 unspecified atom stereocenters. The number of hydrogen-bond acceptors (Lipinski definition) is 2. The fourth-order valence-corrected chi connectivity index (χ4v) is 3.94. The number of aliphatic hydroxyl groups is 1. The molecule has 2 aliphatic carbocycles. The Labute approximate surface area is 112 Å². The Kier molecular flexibility index (Phi) is 2.30. The van der Waals surface area contributed by atoms with Crippen molar-refractivity contribution in [3.8, 4) is 0 Å². The highest BCUT2D eigenvalue weighted by atomic mass is 16.3. The highest BCUT2D eigenvalue weighted by Crippen LogP contribution is 2.50. The van der Waals surface area contributed by atoms with Gasteiger partial charge in [-0.25, -0.2) is 0 Å². The largest absolute Gasteiger partial charge is 0.388 e. The summed E-state index contributed by atoms with van der Waals surface area (Å²) in [5.74, 6) is 0.710. The van der Waals surface area contributed by atoms with Crippen molar-refractivity contribution in [2.45, 2.75) is 31.3 Å². The molecule has 2 aliphatic rings.